The fraction of sp³-hybridized carbons (Fsp3) is 0.292. The Morgan fingerprint density at radius 3 is 2.55 bits per heavy atom. The quantitative estimate of drug-likeness (QED) is 0.690. The molecule has 0 spiro atoms. The maximum absolute atomic E-state index is 13.3. The highest BCUT2D eigenvalue weighted by atomic mass is 16.2. The maximum Gasteiger partial charge on any atom is 0.272 e. The summed E-state index contributed by atoms with van der Waals surface area (Å²) in [4.78, 5) is 26.4. The van der Waals surface area contributed by atoms with Crippen molar-refractivity contribution in [2.24, 2.45) is 11.8 Å². The smallest absolute Gasteiger partial charge is 0.272 e. The lowest BCUT2D eigenvalue weighted by Gasteiger charge is -2.30. The zero-order chi connectivity index (χ0) is 19.8. The summed E-state index contributed by atoms with van der Waals surface area (Å²) in [6, 6.07) is 18.2. The van der Waals surface area contributed by atoms with Gasteiger partial charge in [0, 0.05) is 55.7 Å². The molecule has 2 aliphatic rings. The van der Waals surface area contributed by atoms with Crippen LogP contribution in [0, 0.1) is 18.8 Å². The number of pyridine rings is 2. The van der Waals surface area contributed by atoms with Crippen molar-refractivity contribution in [3.05, 3.63) is 90.0 Å². The maximum atomic E-state index is 13.3. The Morgan fingerprint density at radius 2 is 1.79 bits per heavy atom. The Bertz CT molecular complexity index is 1010. The van der Waals surface area contributed by atoms with Gasteiger partial charge in [-0.1, -0.05) is 36.4 Å². The first-order valence-electron chi connectivity index (χ1n) is 10.1. The highest BCUT2D eigenvalue weighted by Crippen LogP contribution is 2.46. The van der Waals surface area contributed by atoms with Gasteiger partial charge in [-0.2, -0.15) is 0 Å². The molecule has 2 aliphatic heterocycles. The van der Waals surface area contributed by atoms with Crippen molar-refractivity contribution >= 4 is 11.6 Å². The van der Waals surface area contributed by atoms with Crippen molar-refractivity contribution < 1.29 is 4.79 Å². The summed E-state index contributed by atoms with van der Waals surface area (Å²) in [6.07, 6.45) is 5.48. The molecule has 1 aromatic carbocycles. The largest absolute Gasteiger partial charge is 0.370 e. The van der Waals surface area contributed by atoms with Crippen LogP contribution in [0.3, 0.4) is 0 Å². The number of amides is 1. The van der Waals surface area contributed by atoms with Gasteiger partial charge in [0.1, 0.15) is 5.69 Å². The van der Waals surface area contributed by atoms with Crippen LogP contribution in [0.5, 0.6) is 0 Å². The van der Waals surface area contributed by atoms with Crippen LogP contribution in [0.4, 0.5) is 5.69 Å². The Balaban J connectivity index is 1.48. The Labute approximate surface area is 171 Å². The third-order valence-corrected chi connectivity index (χ3v) is 6.28. The number of nitrogens with zero attached hydrogens (tertiary/aromatic N) is 4. The molecule has 29 heavy (non-hydrogen) atoms. The van der Waals surface area contributed by atoms with E-state index >= 15 is 0 Å². The van der Waals surface area contributed by atoms with Gasteiger partial charge in [-0.05, 0) is 36.2 Å². The van der Waals surface area contributed by atoms with Gasteiger partial charge in [0.2, 0.25) is 0 Å². The van der Waals surface area contributed by atoms with Gasteiger partial charge in [-0.25, -0.2) is 0 Å². The molecule has 3 atom stereocenters. The van der Waals surface area contributed by atoms with Gasteiger partial charge in [0.25, 0.3) is 5.91 Å². The lowest BCUT2D eigenvalue weighted by atomic mass is 9.89. The lowest BCUT2D eigenvalue weighted by Crippen LogP contribution is -2.36. The number of carbonyl (C=O) groups is 1. The van der Waals surface area contributed by atoms with Crippen LogP contribution >= 0.6 is 0 Å². The zero-order valence-electron chi connectivity index (χ0n) is 16.5. The Kier molecular flexibility index (Phi) is 4.51. The molecule has 0 bridgehead atoms. The molecular weight excluding hydrogens is 360 g/mol. The van der Waals surface area contributed by atoms with Crippen molar-refractivity contribution in [3.8, 4) is 0 Å². The van der Waals surface area contributed by atoms with Crippen LogP contribution in [0.2, 0.25) is 0 Å². The van der Waals surface area contributed by atoms with Gasteiger partial charge >= 0.3 is 0 Å². The highest BCUT2D eigenvalue weighted by molar-refractivity contribution is 5.92. The highest BCUT2D eigenvalue weighted by Gasteiger charge is 2.49. The van der Waals surface area contributed by atoms with E-state index in [9.17, 15) is 4.79 Å². The van der Waals surface area contributed by atoms with Crippen LogP contribution in [0.15, 0.2) is 73.2 Å². The number of hydrogen-bond donors (Lipinski definition) is 0. The van der Waals surface area contributed by atoms with Gasteiger partial charge in [0.15, 0.2) is 0 Å². The SMILES string of the molecule is Cc1cnccc1N1C[C@H]2CN(C(=O)c3ccccn3)[C@H](c3ccccc3)[C@H]2C1. The summed E-state index contributed by atoms with van der Waals surface area (Å²) in [5.41, 5.74) is 4.18. The van der Waals surface area contributed by atoms with E-state index in [1.54, 1.807) is 6.20 Å². The summed E-state index contributed by atoms with van der Waals surface area (Å²) in [6.45, 7) is 4.79. The summed E-state index contributed by atoms with van der Waals surface area (Å²) >= 11 is 0. The van der Waals surface area contributed by atoms with Crippen molar-refractivity contribution in [3.63, 3.8) is 0 Å². The molecule has 5 nitrogen and oxygen atoms in total. The molecule has 146 valence electrons. The topological polar surface area (TPSA) is 49.3 Å². The van der Waals surface area contributed by atoms with Crippen LogP contribution in [-0.2, 0) is 0 Å². The van der Waals surface area contributed by atoms with Gasteiger partial charge in [0.05, 0.1) is 6.04 Å². The molecule has 2 fully saturated rings. The first kappa shape index (κ1) is 17.9. The minimum absolute atomic E-state index is 0.0282. The molecule has 4 heterocycles. The number of carbonyl (C=O) groups excluding carboxylic acids is 1. The second-order valence-electron chi connectivity index (χ2n) is 8.02. The summed E-state index contributed by atoms with van der Waals surface area (Å²) < 4.78 is 0. The summed E-state index contributed by atoms with van der Waals surface area (Å²) in [5.74, 6) is 0.874. The monoisotopic (exact) mass is 384 g/mol. The molecule has 2 saturated heterocycles. The van der Waals surface area contributed by atoms with Crippen LogP contribution in [-0.4, -0.2) is 40.4 Å². The van der Waals surface area contributed by atoms with Gasteiger partial charge < -0.3 is 9.80 Å². The van der Waals surface area contributed by atoms with Crippen molar-refractivity contribution in [2.75, 3.05) is 24.5 Å². The molecule has 0 saturated carbocycles. The number of rotatable bonds is 3. The number of benzene rings is 1. The van der Waals surface area contributed by atoms with Crippen LogP contribution in [0.1, 0.15) is 27.7 Å². The number of hydrogen-bond acceptors (Lipinski definition) is 4. The van der Waals surface area contributed by atoms with E-state index < -0.39 is 0 Å². The standard InChI is InChI=1S/C24H24N4O/c1-17-13-25-12-10-22(17)27-14-19-15-28(24(29)21-9-5-6-11-26-21)23(20(19)16-27)18-7-3-2-4-8-18/h2-13,19-20,23H,14-16H2,1H3/t19-,20-,23+/m0/s1. The predicted octanol–water partition coefficient (Wildman–Crippen LogP) is 3.73. The van der Waals surface area contributed by atoms with Crippen molar-refractivity contribution in [1.29, 1.82) is 0 Å². The fourth-order valence-corrected chi connectivity index (χ4v) is 4.99. The molecule has 3 aromatic rings. The van der Waals surface area contributed by atoms with Crippen molar-refractivity contribution in [1.82, 2.24) is 14.9 Å². The number of fused-ring (bicyclic) bond motifs is 1. The second kappa shape index (κ2) is 7.32. The average Bonchev–Trinajstić information content (AvgIpc) is 3.33. The predicted molar refractivity (Wildman–Crippen MR) is 113 cm³/mol. The molecule has 0 aliphatic carbocycles. The minimum atomic E-state index is 0.0282. The molecule has 0 N–H and O–H groups in total. The molecule has 5 rings (SSSR count). The lowest BCUT2D eigenvalue weighted by molar-refractivity contribution is 0.0709. The Morgan fingerprint density at radius 1 is 0.966 bits per heavy atom. The molecule has 1 amide bonds. The van der Waals surface area contributed by atoms with E-state index in [-0.39, 0.29) is 11.9 Å². The number of anilines is 1. The van der Waals surface area contributed by atoms with E-state index in [4.69, 9.17) is 0 Å². The van der Waals surface area contributed by atoms with Crippen LogP contribution in [0.25, 0.3) is 0 Å². The first-order valence-corrected chi connectivity index (χ1v) is 10.1. The van der Waals surface area contributed by atoms with E-state index in [1.807, 2.05) is 41.6 Å². The summed E-state index contributed by atoms with van der Waals surface area (Å²) in [7, 11) is 0. The van der Waals surface area contributed by atoms with E-state index in [0.29, 0.717) is 17.5 Å². The molecule has 5 heteroatoms. The van der Waals surface area contributed by atoms with Crippen LogP contribution < -0.4 is 4.90 Å². The Hall–Kier alpha value is -3.21. The third-order valence-electron chi connectivity index (χ3n) is 6.28. The fourth-order valence-electron chi connectivity index (χ4n) is 4.99. The first-order chi connectivity index (χ1) is 14.2. The van der Waals surface area contributed by atoms with E-state index in [1.165, 1.54) is 16.8 Å². The second-order valence-corrected chi connectivity index (χ2v) is 8.02. The van der Waals surface area contributed by atoms with E-state index in [2.05, 4.69) is 52.1 Å². The number of aromatic nitrogens is 2. The minimum Gasteiger partial charge on any atom is -0.370 e. The zero-order valence-corrected chi connectivity index (χ0v) is 16.5. The summed E-state index contributed by atoms with van der Waals surface area (Å²) in [5, 5.41) is 0. The number of likely N-dealkylation sites (tertiary alicyclic amines) is 1. The molecule has 2 aromatic heterocycles. The average molecular weight is 384 g/mol. The normalized spacial score (nSPS) is 23.3. The number of aryl methyl sites for hydroxylation is 1. The third kappa shape index (κ3) is 3.16. The van der Waals surface area contributed by atoms with Gasteiger partial charge in [-0.3, -0.25) is 14.8 Å². The molecule has 0 radical (unpaired) electrons. The van der Waals surface area contributed by atoms with Gasteiger partial charge in [-0.15, -0.1) is 0 Å². The van der Waals surface area contributed by atoms with Crippen molar-refractivity contribution in [2.45, 2.75) is 13.0 Å². The molecular formula is C24H24N4O. The van der Waals surface area contributed by atoms with E-state index in [0.717, 1.165) is 19.6 Å². The molecule has 0 unspecified atom stereocenters.